The van der Waals surface area contributed by atoms with Crippen molar-refractivity contribution in [2.75, 3.05) is 14.2 Å². The summed E-state index contributed by atoms with van der Waals surface area (Å²) < 4.78 is 10.9. The summed E-state index contributed by atoms with van der Waals surface area (Å²) in [6, 6.07) is 10.7. The quantitative estimate of drug-likeness (QED) is 0.815. The van der Waals surface area contributed by atoms with E-state index in [1.165, 1.54) is 13.1 Å². The van der Waals surface area contributed by atoms with Gasteiger partial charge in [-0.2, -0.15) is 0 Å². The van der Waals surface area contributed by atoms with Crippen LogP contribution in [0, 0.1) is 0 Å². The normalized spacial score (nSPS) is 12.2. The Morgan fingerprint density at radius 2 is 1.81 bits per heavy atom. The van der Waals surface area contributed by atoms with Crippen LogP contribution in [0.1, 0.15) is 65.7 Å². The van der Waals surface area contributed by atoms with Crippen molar-refractivity contribution >= 4 is 11.9 Å². The number of methoxy groups -OCH3 is 1. The van der Waals surface area contributed by atoms with Crippen molar-refractivity contribution in [3.8, 4) is 5.75 Å². The number of carbonyl (C=O) groups is 2. The monoisotopic (exact) mass is 370 g/mol. The van der Waals surface area contributed by atoms with E-state index in [4.69, 9.17) is 9.47 Å². The molecule has 2 aromatic rings. The highest BCUT2D eigenvalue weighted by Gasteiger charge is 2.23. The van der Waals surface area contributed by atoms with Crippen molar-refractivity contribution in [3.05, 3.63) is 58.9 Å². The van der Waals surface area contributed by atoms with Crippen LogP contribution >= 0.6 is 0 Å². The zero-order chi connectivity index (χ0) is 20.2. The van der Waals surface area contributed by atoms with Crippen molar-refractivity contribution in [3.63, 3.8) is 0 Å². The number of pyridine rings is 1. The molecule has 0 bridgehead atoms. The van der Waals surface area contributed by atoms with Crippen LogP contribution in [-0.4, -0.2) is 36.6 Å². The molecule has 0 spiro atoms. The fourth-order valence-electron chi connectivity index (χ4n) is 2.66. The Morgan fingerprint density at radius 3 is 2.41 bits per heavy atom. The molecule has 1 amide bonds. The molecule has 1 heterocycles. The smallest absolute Gasteiger partial charge is 0.338 e. The van der Waals surface area contributed by atoms with Gasteiger partial charge in [0.1, 0.15) is 17.0 Å². The molecule has 1 aromatic heterocycles. The van der Waals surface area contributed by atoms with E-state index in [2.05, 4.69) is 10.3 Å². The summed E-state index contributed by atoms with van der Waals surface area (Å²) in [4.78, 5) is 29.2. The highest BCUT2D eigenvalue weighted by Crippen LogP contribution is 2.31. The maximum absolute atomic E-state index is 12.6. The van der Waals surface area contributed by atoms with Crippen molar-refractivity contribution in [1.29, 1.82) is 0 Å². The summed E-state index contributed by atoms with van der Waals surface area (Å²) in [7, 11) is 3.12. The van der Waals surface area contributed by atoms with Crippen LogP contribution in [0.2, 0.25) is 0 Å². The third-order valence-corrected chi connectivity index (χ3v) is 3.99. The van der Waals surface area contributed by atoms with Crippen molar-refractivity contribution in [1.82, 2.24) is 10.3 Å². The van der Waals surface area contributed by atoms with Crippen molar-refractivity contribution < 1.29 is 19.1 Å². The summed E-state index contributed by atoms with van der Waals surface area (Å²) in [5.74, 6) is -0.333. The lowest BCUT2D eigenvalue weighted by Crippen LogP contribution is -2.25. The molecular formula is C21H26N2O4. The molecular weight excluding hydrogens is 344 g/mol. The first kappa shape index (κ1) is 20.4. The number of carbonyl (C=O) groups excluding carboxylic acids is 2. The number of nitrogens with one attached hydrogen (secondary N) is 1. The average Bonchev–Trinajstić information content (AvgIpc) is 2.64. The third-order valence-electron chi connectivity index (χ3n) is 3.99. The molecule has 0 saturated heterocycles. The molecule has 0 fully saturated rings. The van der Waals surface area contributed by atoms with Crippen LogP contribution in [0.4, 0.5) is 0 Å². The summed E-state index contributed by atoms with van der Waals surface area (Å²) >= 11 is 0. The van der Waals surface area contributed by atoms with Crippen LogP contribution in [-0.2, 0) is 4.74 Å². The van der Waals surface area contributed by atoms with E-state index in [1.807, 2.05) is 31.2 Å². The van der Waals surface area contributed by atoms with Gasteiger partial charge in [-0.3, -0.25) is 4.79 Å². The highest BCUT2D eigenvalue weighted by molar-refractivity contribution is 5.96. The van der Waals surface area contributed by atoms with Crippen LogP contribution < -0.4 is 10.1 Å². The van der Waals surface area contributed by atoms with Gasteiger partial charge in [0.15, 0.2) is 0 Å². The van der Waals surface area contributed by atoms with E-state index in [-0.39, 0.29) is 23.1 Å². The van der Waals surface area contributed by atoms with Gasteiger partial charge in [0.05, 0.1) is 12.7 Å². The largest absolute Gasteiger partial charge is 0.496 e. The molecule has 1 unspecified atom stereocenters. The summed E-state index contributed by atoms with van der Waals surface area (Å²) in [5, 5.41) is 2.55. The second-order valence-electron chi connectivity index (χ2n) is 7.21. The number of esters is 1. The van der Waals surface area contributed by atoms with Crippen molar-refractivity contribution in [2.45, 2.75) is 39.2 Å². The van der Waals surface area contributed by atoms with Crippen molar-refractivity contribution in [2.24, 2.45) is 0 Å². The van der Waals surface area contributed by atoms with Gasteiger partial charge < -0.3 is 14.8 Å². The van der Waals surface area contributed by atoms with Gasteiger partial charge in [0.25, 0.3) is 5.91 Å². The zero-order valence-electron chi connectivity index (χ0n) is 16.6. The third kappa shape index (κ3) is 5.06. The number of aromatic nitrogens is 1. The Balaban J connectivity index is 2.53. The van der Waals surface area contributed by atoms with Gasteiger partial charge in [0.2, 0.25) is 0 Å². The predicted octanol–water partition coefficient (Wildman–Crippen LogP) is 3.56. The topological polar surface area (TPSA) is 77.5 Å². The van der Waals surface area contributed by atoms with Gasteiger partial charge >= 0.3 is 5.97 Å². The number of benzene rings is 1. The lowest BCUT2D eigenvalue weighted by Gasteiger charge is -2.21. The number of nitrogens with zero attached hydrogens (tertiary/aromatic N) is 1. The second-order valence-corrected chi connectivity index (χ2v) is 7.21. The molecule has 6 nitrogen and oxygen atoms in total. The molecule has 0 radical (unpaired) electrons. The number of ether oxygens (including phenoxy) is 2. The molecule has 6 heteroatoms. The molecule has 144 valence electrons. The maximum Gasteiger partial charge on any atom is 0.338 e. The number of amides is 1. The van der Waals surface area contributed by atoms with E-state index in [1.54, 1.807) is 33.9 Å². The van der Waals surface area contributed by atoms with E-state index >= 15 is 0 Å². The molecule has 2 rings (SSSR count). The molecule has 27 heavy (non-hydrogen) atoms. The minimum Gasteiger partial charge on any atom is -0.496 e. The predicted molar refractivity (Wildman–Crippen MR) is 103 cm³/mol. The summed E-state index contributed by atoms with van der Waals surface area (Å²) in [6.45, 7) is 7.34. The molecule has 1 N–H and O–H groups in total. The second kappa shape index (κ2) is 8.20. The summed E-state index contributed by atoms with van der Waals surface area (Å²) in [6.07, 6.45) is 0. The van der Waals surface area contributed by atoms with E-state index in [9.17, 15) is 9.59 Å². The Kier molecular flexibility index (Phi) is 6.20. The molecule has 0 aliphatic heterocycles. The minimum atomic E-state index is -0.637. The minimum absolute atomic E-state index is 0.164. The molecule has 1 atom stereocenters. The number of hydrogen-bond acceptors (Lipinski definition) is 5. The Bertz CT molecular complexity index is 840. The molecule has 0 saturated carbocycles. The van der Waals surface area contributed by atoms with Crippen LogP contribution in [0.25, 0.3) is 0 Å². The molecule has 1 aromatic carbocycles. The number of hydrogen-bond donors (Lipinski definition) is 1. The molecule has 0 aliphatic rings. The van der Waals surface area contributed by atoms with Gasteiger partial charge in [-0.1, -0.05) is 25.1 Å². The van der Waals surface area contributed by atoms with Gasteiger partial charge in [-0.15, -0.1) is 0 Å². The average molecular weight is 370 g/mol. The zero-order valence-corrected chi connectivity index (χ0v) is 16.6. The van der Waals surface area contributed by atoms with Gasteiger partial charge in [-0.05, 0) is 39.0 Å². The van der Waals surface area contributed by atoms with E-state index < -0.39 is 11.6 Å². The lowest BCUT2D eigenvalue weighted by atomic mass is 9.95. The fraction of sp³-hybridized carbons (Fsp3) is 0.381. The first-order valence-electron chi connectivity index (χ1n) is 8.76. The summed E-state index contributed by atoms with van der Waals surface area (Å²) in [5.41, 5.74) is 1.31. The number of para-hydroxylation sites is 1. The van der Waals surface area contributed by atoms with E-state index in [0.29, 0.717) is 5.69 Å². The van der Waals surface area contributed by atoms with Crippen LogP contribution in [0.3, 0.4) is 0 Å². The Morgan fingerprint density at radius 1 is 1.15 bits per heavy atom. The van der Waals surface area contributed by atoms with Crippen LogP contribution in [0.5, 0.6) is 5.75 Å². The first-order chi connectivity index (χ1) is 12.7. The van der Waals surface area contributed by atoms with Gasteiger partial charge in [-0.25, -0.2) is 9.78 Å². The fourth-order valence-corrected chi connectivity index (χ4v) is 2.66. The Hall–Kier alpha value is -2.89. The molecule has 0 aliphatic carbocycles. The first-order valence-corrected chi connectivity index (χ1v) is 8.76. The SMILES string of the molecule is CNC(=O)c1cc(C(=O)OC(C)(C)C)cc(C(C)c2ccccc2OC)n1. The van der Waals surface area contributed by atoms with E-state index in [0.717, 1.165) is 11.3 Å². The number of rotatable bonds is 5. The maximum atomic E-state index is 12.6. The van der Waals surface area contributed by atoms with Crippen LogP contribution in [0.15, 0.2) is 36.4 Å². The highest BCUT2D eigenvalue weighted by atomic mass is 16.6. The lowest BCUT2D eigenvalue weighted by molar-refractivity contribution is 0.00692. The Labute approximate surface area is 159 Å². The standard InChI is InChI=1S/C21H26N2O4/c1-13(15-9-7-8-10-18(15)26-6)16-11-14(20(25)27-21(2,3)4)12-17(23-16)19(24)22-5/h7-13H,1-6H3,(H,22,24). The van der Waals surface area contributed by atoms with Gasteiger partial charge in [0, 0.05) is 24.2 Å².